The summed E-state index contributed by atoms with van der Waals surface area (Å²) in [5.41, 5.74) is 6.55. The van der Waals surface area contributed by atoms with Gasteiger partial charge in [-0.1, -0.05) is 78.9 Å². The quantitative estimate of drug-likeness (QED) is 0.299. The first-order valence-corrected chi connectivity index (χ1v) is 10.4. The molecule has 6 aromatic rings. The van der Waals surface area contributed by atoms with Crippen molar-refractivity contribution in [3.8, 4) is 22.9 Å². The van der Waals surface area contributed by atoms with E-state index >= 15 is 0 Å². The minimum atomic E-state index is 0.709. The van der Waals surface area contributed by atoms with Gasteiger partial charge in [-0.05, 0) is 46.8 Å². The maximum Gasteiger partial charge on any atom is 0.0998 e. The number of para-hydroxylation sites is 2. The molecule has 0 atom stereocenters. The first-order chi connectivity index (χ1) is 15.3. The zero-order valence-electron chi connectivity index (χ0n) is 16.8. The molecule has 0 amide bonds. The van der Waals surface area contributed by atoms with Crippen LogP contribution < -0.4 is 0 Å². The second kappa shape index (κ2) is 6.86. The molecule has 0 radical (unpaired) electrons. The molecular formula is C29H18N2. The Bertz CT molecular complexity index is 1580. The molecule has 0 aliphatic heterocycles. The fourth-order valence-corrected chi connectivity index (χ4v) is 4.64. The van der Waals surface area contributed by atoms with E-state index in [0.29, 0.717) is 5.56 Å². The maximum absolute atomic E-state index is 9.46. The summed E-state index contributed by atoms with van der Waals surface area (Å²) in [4.78, 5) is 0. The lowest BCUT2D eigenvalue weighted by Crippen LogP contribution is -1.93. The minimum Gasteiger partial charge on any atom is -0.309 e. The molecule has 144 valence electrons. The van der Waals surface area contributed by atoms with E-state index < -0.39 is 0 Å². The van der Waals surface area contributed by atoms with Gasteiger partial charge in [0.05, 0.1) is 22.7 Å². The monoisotopic (exact) mass is 394 g/mol. The molecular weight excluding hydrogens is 376 g/mol. The fraction of sp³-hybridized carbons (Fsp3) is 0. The second-order valence-corrected chi connectivity index (χ2v) is 7.73. The summed E-state index contributed by atoms with van der Waals surface area (Å²) in [5, 5.41) is 14.1. The summed E-state index contributed by atoms with van der Waals surface area (Å²) in [6.45, 7) is 0. The summed E-state index contributed by atoms with van der Waals surface area (Å²) in [7, 11) is 0. The number of fused-ring (bicyclic) bond motifs is 4. The highest BCUT2D eigenvalue weighted by atomic mass is 15.0. The Balaban J connectivity index is 1.54. The molecule has 0 bridgehead atoms. The van der Waals surface area contributed by atoms with Crippen LogP contribution in [0.2, 0.25) is 0 Å². The Morgan fingerprint density at radius 1 is 0.516 bits per heavy atom. The zero-order valence-corrected chi connectivity index (χ0v) is 16.8. The van der Waals surface area contributed by atoms with Crippen LogP contribution in [0.25, 0.3) is 49.4 Å². The van der Waals surface area contributed by atoms with E-state index in [1.54, 1.807) is 0 Å². The van der Waals surface area contributed by atoms with Crippen molar-refractivity contribution in [3.05, 3.63) is 115 Å². The highest BCUT2D eigenvalue weighted by Gasteiger charge is 2.12. The Labute approximate surface area is 180 Å². The van der Waals surface area contributed by atoms with Crippen LogP contribution in [0, 0.1) is 11.3 Å². The van der Waals surface area contributed by atoms with Gasteiger partial charge in [0, 0.05) is 21.8 Å². The van der Waals surface area contributed by atoms with Crippen molar-refractivity contribution in [2.45, 2.75) is 0 Å². The fourth-order valence-electron chi connectivity index (χ4n) is 4.64. The third-order valence-electron chi connectivity index (χ3n) is 6.06. The van der Waals surface area contributed by atoms with Crippen molar-refractivity contribution < 1.29 is 0 Å². The maximum atomic E-state index is 9.46. The normalized spacial score (nSPS) is 11.2. The molecule has 0 saturated heterocycles. The Morgan fingerprint density at radius 3 is 1.68 bits per heavy atom. The summed E-state index contributed by atoms with van der Waals surface area (Å²) < 4.78 is 2.32. The lowest BCUT2D eigenvalue weighted by atomic mass is 9.95. The molecule has 0 fully saturated rings. The third-order valence-corrected chi connectivity index (χ3v) is 6.06. The first-order valence-electron chi connectivity index (χ1n) is 10.4. The molecule has 0 spiro atoms. The summed E-state index contributed by atoms with van der Waals surface area (Å²) in [6, 6.07) is 40.2. The summed E-state index contributed by atoms with van der Waals surface area (Å²) in [6.07, 6.45) is 0. The van der Waals surface area contributed by atoms with Crippen molar-refractivity contribution in [1.82, 2.24) is 4.57 Å². The van der Waals surface area contributed by atoms with Gasteiger partial charge in [0.15, 0.2) is 0 Å². The highest BCUT2D eigenvalue weighted by molar-refractivity contribution is 6.09. The van der Waals surface area contributed by atoms with Crippen molar-refractivity contribution in [2.24, 2.45) is 0 Å². The molecule has 2 nitrogen and oxygen atoms in total. The highest BCUT2D eigenvalue weighted by Crippen LogP contribution is 2.34. The predicted octanol–water partition coefficient (Wildman–Crippen LogP) is 7.48. The van der Waals surface area contributed by atoms with Gasteiger partial charge in [-0.3, -0.25) is 0 Å². The molecule has 6 rings (SSSR count). The van der Waals surface area contributed by atoms with Crippen LogP contribution in [0.5, 0.6) is 0 Å². The third kappa shape index (κ3) is 2.64. The van der Waals surface area contributed by atoms with Gasteiger partial charge in [-0.25, -0.2) is 0 Å². The summed E-state index contributed by atoms with van der Waals surface area (Å²) >= 11 is 0. The Kier molecular flexibility index (Phi) is 3.88. The van der Waals surface area contributed by atoms with Gasteiger partial charge < -0.3 is 4.57 Å². The van der Waals surface area contributed by atoms with E-state index in [4.69, 9.17) is 0 Å². The molecule has 5 aromatic carbocycles. The average Bonchev–Trinajstić information content (AvgIpc) is 3.18. The minimum absolute atomic E-state index is 0.709. The molecule has 0 aliphatic carbocycles. The molecule has 1 heterocycles. The van der Waals surface area contributed by atoms with Gasteiger partial charge >= 0.3 is 0 Å². The van der Waals surface area contributed by atoms with E-state index in [1.807, 2.05) is 24.3 Å². The van der Waals surface area contributed by atoms with E-state index in [-0.39, 0.29) is 0 Å². The molecule has 2 heteroatoms. The van der Waals surface area contributed by atoms with Crippen molar-refractivity contribution >= 4 is 32.6 Å². The van der Waals surface area contributed by atoms with Crippen molar-refractivity contribution in [2.75, 3.05) is 0 Å². The van der Waals surface area contributed by atoms with E-state index in [1.165, 1.54) is 21.8 Å². The molecule has 31 heavy (non-hydrogen) atoms. The van der Waals surface area contributed by atoms with Gasteiger partial charge in [0.1, 0.15) is 0 Å². The van der Waals surface area contributed by atoms with Gasteiger partial charge in [-0.2, -0.15) is 5.26 Å². The molecule has 0 aliphatic rings. The largest absolute Gasteiger partial charge is 0.309 e. The number of nitrogens with zero attached hydrogens (tertiary/aromatic N) is 2. The number of hydrogen-bond acceptors (Lipinski definition) is 1. The first kappa shape index (κ1) is 17.5. The predicted molar refractivity (Wildman–Crippen MR) is 128 cm³/mol. The number of hydrogen-bond donors (Lipinski definition) is 0. The van der Waals surface area contributed by atoms with Crippen LogP contribution in [-0.4, -0.2) is 4.57 Å². The molecule has 1 aromatic heterocycles. The molecule has 0 unspecified atom stereocenters. The SMILES string of the molecule is N#Cc1ccc(-c2ccc(-n3c4ccccc4c4ccccc43)cc2)c2ccccc12. The second-order valence-electron chi connectivity index (χ2n) is 7.73. The lowest BCUT2D eigenvalue weighted by molar-refractivity contribution is 1.18. The standard InChI is InChI=1S/C29H18N2/c30-19-21-15-18-24(25-8-2-1-7-23(21)25)20-13-16-22(17-14-20)31-28-11-5-3-9-26(28)27-10-4-6-12-29(27)31/h1-18H. The van der Waals surface area contributed by atoms with E-state index in [0.717, 1.165) is 27.6 Å². The van der Waals surface area contributed by atoms with E-state index in [9.17, 15) is 5.26 Å². The number of rotatable bonds is 2. The topological polar surface area (TPSA) is 28.7 Å². The van der Waals surface area contributed by atoms with Crippen LogP contribution in [0.15, 0.2) is 109 Å². The van der Waals surface area contributed by atoms with Gasteiger partial charge in [-0.15, -0.1) is 0 Å². The summed E-state index contributed by atoms with van der Waals surface area (Å²) in [5.74, 6) is 0. The van der Waals surface area contributed by atoms with Gasteiger partial charge in [0.25, 0.3) is 0 Å². The number of benzene rings is 5. The smallest absolute Gasteiger partial charge is 0.0998 e. The van der Waals surface area contributed by atoms with Crippen molar-refractivity contribution in [1.29, 1.82) is 5.26 Å². The number of nitriles is 1. The van der Waals surface area contributed by atoms with Crippen molar-refractivity contribution in [3.63, 3.8) is 0 Å². The lowest BCUT2D eigenvalue weighted by Gasteiger charge is -2.11. The molecule has 0 N–H and O–H groups in total. The van der Waals surface area contributed by atoms with E-state index in [2.05, 4.69) is 95.6 Å². The van der Waals surface area contributed by atoms with Crippen LogP contribution >= 0.6 is 0 Å². The number of aromatic nitrogens is 1. The zero-order chi connectivity index (χ0) is 20.8. The molecule has 0 saturated carbocycles. The average molecular weight is 394 g/mol. The Morgan fingerprint density at radius 2 is 1.06 bits per heavy atom. The van der Waals surface area contributed by atoms with Crippen LogP contribution in [0.1, 0.15) is 5.56 Å². The van der Waals surface area contributed by atoms with Crippen LogP contribution in [0.4, 0.5) is 0 Å². The Hall–Kier alpha value is -4.35. The van der Waals surface area contributed by atoms with Gasteiger partial charge in [0.2, 0.25) is 0 Å². The van der Waals surface area contributed by atoms with Crippen LogP contribution in [-0.2, 0) is 0 Å². The van der Waals surface area contributed by atoms with Crippen LogP contribution in [0.3, 0.4) is 0 Å².